The van der Waals surface area contributed by atoms with E-state index in [0.29, 0.717) is 51.0 Å². The first-order valence-electron chi connectivity index (χ1n) is 10.5. The van der Waals surface area contributed by atoms with Crippen molar-refractivity contribution >= 4 is 27.5 Å². The molecule has 0 aliphatic carbocycles. The van der Waals surface area contributed by atoms with E-state index >= 15 is 0 Å². The lowest BCUT2D eigenvalue weighted by atomic mass is 10.1. The van der Waals surface area contributed by atoms with Crippen LogP contribution >= 0.6 is 0 Å². The molecule has 0 saturated carbocycles. The average molecular weight is 476 g/mol. The summed E-state index contributed by atoms with van der Waals surface area (Å²) in [5.74, 6) is 0.169. The molecule has 1 fully saturated rings. The van der Waals surface area contributed by atoms with E-state index in [4.69, 9.17) is 14.2 Å². The highest BCUT2D eigenvalue weighted by atomic mass is 32.2. The lowest BCUT2D eigenvalue weighted by Gasteiger charge is -2.29. The summed E-state index contributed by atoms with van der Waals surface area (Å²) >= 11 is 0. The first kappa shape index (κ1) is 22.9. The molecule has 1 saturated heterocycles. The van der Waals surface area contributed by atoms with Crippen LogP contribution in [0.5, 0.6) is 11.5 Å². The fourth-order valence-electron chi connectivity index (χ4n) is 3.53. The monoisotopic (exact) mass is 475 g/mol. The molecule has 2 aliphatic heterocycles. The maximum absolute atomic E-state index is 12.8. The Bertz CT molecular complexity index is 1150. The van der Waals surface area contributed by atoms with Gasteiger partial charge in [-0.25, -0.2) is 8.42 Å². The number of hydrogen-bond acceptors (Lipinski definition) is 7. The number of carbonyl (C=O) groups excluding carboxylic acids is 2. The van der Waals surface area contributed by atoms with E-state index < -0.39 is 22.0 Å². The Morgan fingerprint density at radius 3 is 2.45 bits per heavy atom. The topological polar surface area (TPSA) is 123 Å². The molecule has 2 N–H and O–H groups in total. The number of ether oxygens (including phenoxy) is 3. The van der Waals surface area contributed by atoms with Gasteiger partial charge in [-0.2, -0.15) is 0 Å². The second kappa shape index (κ2) is 9.67. The van der Waals surface area contributed by atoms with Crippen molar-refractivity contribution in [2.75, 3.05) is 44.2 Å². The molecular formula is C22H25N3O7S. The molecule has 2 aromatic rings. The fraction of sp³-hybridized carbons (Fsp3) is 0.364. The quantitative estimate of drug-likeness (QED) is 0.644. The third kappa shape index (κ3) is 5.37. The zero-order valence-electron chi connectivity index (χ0n) is 18.1. The minimum atomic E-state index is -3.93. The number of hydrogen-bond donors (Lipinski definition) is 2. The van der Waals surface area contributed by atoms with Gasteiger partial charge in [0.2, 0.25) is 5.91 Å². The zero-order valence-corrected chi connectivity index (χ0v) is 18.9. The summed E-state index contributed by atoms with van der Waals surface area (Å²) < 4.78 is 44.3. The molecule has 176 valence electrons. The van der Waals surface area contributed by atoms with Crippen LogP contribution in [0.3, 0.4) is 0 Å². The molecule has 0 aromatic heterocycles. The summed E-state index contributed by atoms with van der Waals surface area (Å²) in [6, 6.07) is 9.69. The normalized spacial score (nSPS) is 16.6. The van der Waals surface area contributed by atoms with Gasteiger partial charge in [0.25, 0.3) is 15.9 Å². The summed E-state index contributed by atoms with van der Waals surface area (Å²) in [4.78, 5) is 26.9. The summed E-state index contributed by atoms with van der Waals surface area (Å²) in [7, 11) is -3.93. The van der Waals surface area contributed by atoms with Gasteiger partial charge in [0.1, 0.15) is 19.3 Å². The summed E-state index contributed by atoms with van der Waals surface area (Å²) in [6.07, 6.45) is 0. The van der Waals surface area contributed by atoms with Gasteiger partial charge >= 0.3 is 0 Å². The largest absolute Gasteiger partial charge is 0.486 e. The number of fused-ring (bicyclic) bond motifs is 1. The van der Waals surface area contributed by atoms with E-state index in [2.05, 4.69) is 10.0 Å². The van der Waals surface area contributed by atoms with Gasteiger partial charge in [-0.1, -0.05) is 6.07 Å². The van der Waals surface area contributed by atoms with Crippen molar-refractivity contribution in [3.05, 3.63) is 48.0 Å². The number of nitrogens with one attached hydrogen (secondary N) is 2. The van der Waals surface area contributed by atoms with Crippen LogP contribution in [0.1, 0.15) is 17.3 Å². The highest BCUT2D eigenvalue weighted by Crippen LogP contribution is 2.32. The molecule has 10 nitrogen and oxygen atoms in total. The van der Waals surface area contributed by atoms with Crippen molar-refractivity contribution < 1.29 is 32.2 Å². The molecule has 0 spiro atoms. The van der Waals surface area contributed by atoms with Gasteiger partial charge in [-0.15, -0.1) is 0 Å². The SMILES string of the molecule is CC(NC(=O)c1cccc(NS(=O)(=O)c2ccc3c(c2)OCCO3)c1)C(=O)N1CCOCC1. The summed E-state index contributed by atoms with van der Waals surface area (Å²) in [5.41, 5.74) is 0.434. The first-order valence-corrected chi connectivity index (χ1v) is 12.0. The van der Waals surface area contributed by atoms with Crippen molar-refractivity contribution in [2.45, 2.75) is 17.9 Å². The molecule has 4 rings (SSSR count). The molecular weight excluding hydrogens is 450 g/mol. The van der Waals surface area contributed by atoms with Crippen LogP contribution in [0.25, 0.3) is 0 Å². The number of anilines is 1. The van der Waals surface area contributed by atoms with Crippen molar-refractivity contribution in [3.8, 4) is 11.5 Å². The van der Waals surface area contributed by atoms with Crippen LogP contribution < -0.4 is 19.5 Å². The summed E-state index contributed by atoms with van der Waals surface area (Å²) in [6.45, 7) is 4.27. The van der Waals surface area contributed by atoms with E-state index in [1.54, 1.807) is 30.0 Å². The van der Waals surface area contributed by atoms with Gasteiger partial charge in [-0.3, -0.25) is 14.3 Å². The predicted molar refractivity (Wildman–Crippen MR) is 119 cm³/mol. The highest BCUT2D eigenvalue weighted by molar-refractivity contribution is 7.92. The summed E-state index contributed by atoms with van der Waals surface area (Å²) in [5, 5.41) is 2.67. The Morgan fingerprint density at radius 2 is 1.70 bits per heavy atom. The highest BCUT2D eigenvalue weighted by Gasteiger charge is 2.24. The van der Waals surface area contributed by atoms with E-state index in [-0.39, 0.29) is 22.1 Å². The Hall–Kier alpha value is -3.31. The fourth-order valence-corrected chi connectivity index (χ4v) is 4.59. The molecule has 33 heavy (non-hydrogen) atoms. The van der Waals surface area contributed by atoms with Gasteiger partial charge in [0, 0.05) is 30.4 Å². The standard InChI is InChI=1S/C22H25N3O7S/c1-15(22(27)25-7-9-30-10-8-25)23-21(26)16-3-2-4-17(13-16)24-33(28,29)18-5-6-19-20(14-18)32-12-11-31-19/h2-6,13-15,24H,7-12H2,1H3,(H,23,26). The molecule has 2 aliphatic rings. The van der Waals surface area contributed by atoms with Crippen LogP contribution in [0.15, 0.2) is 47.4 Å². The Kier molecular flexibility index (Phi) is 6.70. The van der Waals surface area contributed by atoms with Crippen LogP contribution in [-0.4, -0.2) is 70.7 Å². The number of benzene rings is 2. The number of carbonyl (C=O) groups is 2. The lowest BCUT2D eigenvalue weighted by molar-refractivity contribution is -0.136. The molecule has 2 amide bonds. The minimum absolute atomic E-state index is 0.00587. The number of sulfonamides is 1. The molecule has 11 heteroatoms. The van der Waals surface area contributed by atoms with Crippen molar-refractivity contribution in [2.24, 2.45) is 0 Å². The number of morpholine rings is 1. The molecule has 2 heterocycles. The van der Waals surface area contributed by atoms with Gasteiger partial charge in [0.05, 0.1) is 18.1 Å². The maximum atomic E-state index is 12.8. The minimum Gasteiger partial charge on any atom is -0.486 e. The van der Waals surface area contributed by atoms with Crippen molar-refractivity contribution in [1.29, 1.82) is 0 Å². The molecule has 1 unspecified atom stereocenters. The van der Waals surface area contributed by atoms with Crippen molar-refractivity contribution in [3.63, 3.8) is 0 Å². The van der Waals surface area contributed by atoms with Gasteiger partial charge < -0.3 is 24.4 Å². The Balaban J connectivity index is 1.43. The van der Waals surface area contributed by atoms with E-state index in [9.17, 15) is 18.0 Å². The van der Waals surface area contributed by atoms with E-state index in [1.807, 2.05) is 0 Å². The molecule has 0 radical (unpaired) electrons. The number of amides is 2. The zero-order chi connectivity index (χ0) is 23.4. The smallest absolute Gasteiger partial charge is 0.262 e. The first-order chi connectivity index (χ1) is 15.8. The third-order valence-corrected chi connectivity index (χ3v) is 6.62. The van der Waals surface area contributed by atoms with Gasteiger partial charge in [0.15, 0.2) is 11.5 Å². The average Bonchev–Trinajstić information content (AvgIpc) is 2.83. The Morgan fingerprint density at radius 1 is 0.970 bits per heavy atom. The second-order valence-corrected chi connectivity index (χ2v) is 9.31. The van der Waals surface area contributed by atoms with Gasteiger partial charge in [-0.05, 0) is 37.3 Å². The van der Waals surface area contributed by atoms with Crippen LogP contribution in [0.4, 0.5) is 5.69 Å². The van der Waals surface area contributed by atoms with Crippen molar-refractivity contribution in [1.82, 2.24) is 10.2 Å². The second-order valence-electron chi connectivity index (χ2n) is 7.62. The van der Waals surface area contributed by atoms with Crippen LogP contribution in [0, 0.1) is 0 Å². The maximum Gasteiger partial charge on any atom is 0.262 e. The van der Waals surface area contributed by atoms with E-state index in [0.717, 1.165) is 0 Å². The Labute approximate surface area is 191 Å². The molecule has 0 bridgehead atoms. The third-order valence-electron chi connectivity index (χ3n) is 5.24. The van der Waals surface area contributed by atoms with E-state index in [1.165, 1.54) is 24.3 Å². The number of rotatable bonds is 6. The van der Waals surface area contributed by atoms with Crippen LogP contribution in [0.2, 0.25) is 0 Å². The lowest BCUT2D eigenvalue weighted by Crippen LogP contribution is -2.50. The predicted octanol–water partition coefficient (Wildman–Crippen LogP) is 1.24. The molecule has 1 atom stereocenters. The van der Waals surface area contributed by atoms with Crippen LogP contribution in [-0.2, 0) is 19.6 Å². The number of nitrogens with zero attached hydrogens (tertiary/aromatic N) is 1. The molecule has 2 aromatic carbocycles.